The Morgan fingerprint density at radius 2 is 1.76 bits per heavy atom. The van der Waals surface area contributed by atoms with Crippen molar-refractivity contribution < 1.29 is 9.90 Å². The standard InChI is InChI=1S/C17H14N2O2/c1-19(17(20)21)15-8-6-12(7-9-15)14-10-13-4-2-3-5-16(13)18-11-14/h2-11H,1H3,(H,20,21). The van der Waals surface area contributed by atoms with Gasteiger partial charge in [-0.15, -0.1) is 0 Å². The molecule has 4 nitrogen and oxygen atoms in total. The van der Waals surface area contributed by atoms with Gasteiger partial charge in [-0.3, -0.25) is 9.88 Å². The Hall–Kier alpha value is -2.88. The lowest BCUT2D eigenvalue weighted by molar-refractivity contribution is 0.203. The van der Waals surface area contributed by atoms with Gasteiger partial charge in [0.1, 0.15) is 0 Å². The van der Waals surface area contributed by atoms with Crippen molar-refractivity contribution in [1.29, 1.82) is 0 Å². The van der Waals surface area contributed by atoms with E-state index in [2.05, 4.69) is 11.1 Å². The number of para-hydroxylation sites is 1. The average Bonchev–Trinajstić information content (AvgIpc) is 2.54. The third-order valence-corrected chi connectivity index (χ3v) is 3.47. The van der Waals surface area contributed by atoms with E-state index in [9.17, 15) is 4.79 Å². The maximum absolute atomic E-state index is 10.9. The highest BCUT2D eigenvalue weighted by atomic mass is 16.4. The second-order valence-electron chi connectivity index (χ2n) is 4.81. The molecule has 1 aromatic heterocycles. The van der Waals surface area contributed by atoms with Crippen molar-refractivity contribution in [3.8, 4) is 11.1 Å². The zero-order chi connectivity index (χ0) is 14.8. The predicted octanol–water partition coefficient (Wildman–Crippen LogP) is 4.02. The third kappa shape index (κ3) is 2.56. The molecular weight excluding hydrogens is 264 g/mol. The largest absolute Gasteiger partial charge is 0.465 e. The molecule has 0 atom stereocenters. The second kappa shape index (κ2) is 5.25. The molecule has 4 heteroatoms. The molecule has 0 bridgehead atoms. The normalized spacial score (nSPS) is 10.5. The number of carbonyl (C=O) groups is 1. The number of aromatic nitrogens is 1. The van der Waals surface area contributed by atoms with Gasteiger partial charge in [-0.1, -0.05) is 30.3 Å². The molecule has 3 aromatic rings. The SMILES string of the molecule is CN(C(=O)O)c1ccc(-c2cnc3ccccc3c2)cc1. The number of pyridine rings is 1. The van der Waals surface area contributed by atoms with Crippen molar-refractivity contribution >= 4 is 22.7 Å². The summed E-state index contributed by atoms with van der Waals surface area (Å²) in [4.78, 5) is 16.5. The van der Waals surface area contributed by atoms with Crippen molar-refractivity contribution in [1.82, 2.24) is 4.98 Å². The van der Waals surface area contributed by atoms with Gasteiger partial charge in [-0.05, 0) is 29.8 Å². The summed E-state index contributed by atoms with van der Waals surface area (Å²) in [6.45, 7) is 0. The predicted molar refractivity (Wildman–Crippen MR) is 83.6 cm³/mol. The van der Waals surface area contributed by atoms with Gasteiger partial charge < -0.3 is 5.11 Å². The first-order valence-corrected chi connectivity index (χ1v) is 6.57. The molecule has 1 amide bonds. The lowest BCUT2D eigenvalue weighted by Gasteiger charge is -2.13. The van der Waals surface area contributed by atoms with Gasteiger partial charge in [0.15, 0.2) is 0 Å². The van der Waals surface area contributed by atoms with Crippen LogP contribution in [0.25, 0.3) is 22.0 Å². The number of rotatable bonds is 2. The molecule has 104 valence electrons. The highest BCUT2D eigenvalue weighted by molar-refractivity contribution is 5.87. The van der Waals surface area contributed by atoms with Crippen LogP contribution in [0.15, 0.2) is 60.8 Å². The molecule has 0 aliphatic rings. The Balaban J connectivity index is 1.97. The summed E-state index contributed by atoms with van der Waals surface area (Å²) in [7, 11) is 1.52. The summed E-state index contributed by atoms with van der Waals surface area (Å²) >= 11 is 0. The average molecular weight is 278 g/mol. The zero-order valence-corrected chi connectivity index (χ0v) is 11.5. The molecule has 0 radical (unpaired) electrons. The van der Waals surface area contributed by atoms with Crippen LogP contribution >= 0.6 is 0 Å². The molecule has 1 heterocycles. The zero-order valence-electron chi connectivity index (χ0n) is 11.5. The van der Waals surface area contributed by atoms with E-state index in [4.69, 9.17) is 5.11 Å². The van der Waals surface area contributed by atoms with Crippen LogP contribution < -0.4 is 4.90 Å². The van der Waals surface area contributed by atoms with E-state index in [0.29, 0.717) is 5.69 Å². The fraction of sp³-hybridized carbons (Fsp3) is 0.0588. The smallest absolute Gasteiger partial charge is 0.411 e. The molecule has 0 spiro atoms. The highest BCUT2D eigenvalue weighted by Gasteiger charge is 2.08. The molecule has 0 saturated heterocycles. The number of nitrogens with zero attached hydrogens (tertiary/aromatic N) is 2. The molecule has 0 fully saturated rings. The Labute approximate surface area is 122 Å². The molecule has 0 unspecified atom stereocenters. The Bertz CT molecular complexity index is 797. The van der Waals surface area contributed by atoms with Gasteiger partial charge in [0.2, 0.25) is 0 Å². The molecular formula is C17H14N2O2. The first-order valence-electron chi connectivity index (χ1n) is 6.57. The Kier molecular flexibility index (Phi) is 3.28. The van der Waals surface area contributed by atoms with Crippen molar-refractivity contribution in [2.75, 3.05) is 11.9 Å². The maximum atomic E-state index is 10.9. The van der Waals surface area contributed by atoms with Crippen LogP contribution in [0.4, 0.5) is 10.5 Å². The van der Waals surface area contributed by atoms with Crippen LogP contribution in [0.2, 0.25) is 0 Å². The Morgan fingerprint density at radius 3 is 2.48 bits per heavy atom. The lowest BCUT2D eigenvalue weighted by atomic mass is 10.0. The number of amides is 1. The molecule has 0 aliphatic carbocycles. The van der Waals surface area contributed by atoms with E-state index in [1.54, 1.807) is 12.1 Å². The van der Waals surface area contributed by atoms with Crippen molar-refractivity contribution in [3.63, 3.8) is 0 Å². The molecule has 0 saturated carbocycles. The van der Waals surface area contributed by atoms with Gasteiger partial charge in [0, 0.05) is 29.9 Å². The fourth-order valence-electron chi connectivity index (χ4n) is 2.22. The molecule has 21 heavy (non-hydrogen) atoms. The van der Waals surface area contributed by atoms with E-state index < -0.39 is 6.09 Å². The van der Waals surface area contributed by atoms with E-state index in [0.717, 1.165) is 22.0 Å². The highest BCUT2D eigenvalue weighted by Crippen LogP contribution is 2.25. The minimum Gasteiger partial charge on any atom is -0.465 e. The first kappa shape index (κ1) is 13.1. The first-order chi connectivity index (χ1) is 10.1. The van der Waals surface area contributed by atoms with Gasteiger partial charge in [0.05, 0.1) is 5.52 Å². The third-order valence-electron chi connectivity index (χ3n) is 3.47. The molecule has 3 rings (SSSR count). The number of carboxylic acid groups (broad SMARTS) is 1. The minimum atomic E-state index is -0.977. The summed E-state index contributed by atoms with van der Waals surface area (Å²) in [6.07, 6.45) is 0.855. The molecule has 1 N–H and O–H groups in total. The summed E-state index contributed by atoms with van der Waals surface area (Å²) in [5.41, 5.74) is 3.62. The summed E-state index contributed by atoms with van der Waals surface area (Å²) in [5, 5.41) is 10.0. The molecule has 0 aliphatic heterocycles. The summed E-state index contributed by atoms with van der Waals surface area (Å²) in [6, 6.07) is 17.4. The number of benzene rings is 2. The summed E-state index contributed by atoms with van der Waals surface area (Å²) in [5.74, 6) is 0. The summed E-state index contributed by atoms with van der Waals surface area (Å²) < 4.78 is 0. The maximum Gasteiger partial charge on any atom is 0.411 e. The van der Waals surface area contributed by atoms with Crippen molar-refractivity contribution in [3.05, 3.63) is 60.8 Å². The fourth-order valence-corrected chi connectivity index (χ4v) is 2.22. The number of hydrogen-bond donors (Lipinski definition) is 1. The van der Waals surface area contributed by atoms with E-state index in [-0.39, 0.29) is 0 Å². The van der Waals surface area contributed by atoms with Gasteiger partial charge in [-0.2, -0.15) is 0 Å². The Morgan fingerprint density at radius 1 is 1.05 bits per heavy atom. The lowest BCUT2D eigenvalue weighted by Crippen LogP contribution is -2.23. The quantitative estimate of drug-likeness (QED) is 0.770. The number of hydrogen-bond acceptors (Lipinski definition) is 2. The van der Waals surface area contributed by atoms with Crippen LogP contribution in [0, 0.1) is 0 Å². The molecule has 2 aromatic carbocycles. The topological polar surface area (TPSA) is 53.4 Å². The van der Waals surface area contributed by atoms with Crippen molar-refractivity contribution in [2.45, 2.75) is 0 Å². The minimum absolute atomic E-state index is 0.639. The monoisotopic (exact) mass is 278 g/mol. The number of anilines is 1. The van der Waals surface area contributed by atoms with Crippen LogP contribution in [-0.2, 0) is 0 Å². The van der Waals surface area contributed by atoms with E-state index in [1.165, 1.54) is 11.9 Å². The van der Waals surface area contributed by atoms with E-state index in [1.807, 2.05) is 42.6 Å². The van der Waals surface area contributed by atoms with Gasteiger partial charge in [0.25, 0.3) is 0 Å². The van der Waals surface area contributed by atoms with Gasteiger partial charge in [-0.25, -0.2) is 4.79 Å². The van der Waals surface area contributed by atoms with E-state index >= 15 is 0 Å². The van der Waals surface area contributed by atoms with Crippen LogP contribution in [0.5, 0.6) is 0 Å². The second-order valence-corrected chi connectivity index (χ2v) is 4.81. The van der Waals surface area contributed by atoms with Crippen LogP contribution in [0.1, 0.15) is 0 Å². The van der Waals surface area contributed by atoms with Crippen molar-refractivity contribution in [2.24, 2.45) is 0 Å². The van der Waals surface area contributed by atoms with Crippen LogP contribution in [-0.4, -0.2) is 23.2 Å². The van der Waals surface area contributed by atoms with Gasteiger partial charge >= 0.3 is 6.09 Å². The number of fused-ring (bicyclic) bond motifs is 1. The van der Waals surface area contributed by atoms with Crippen LogP contribution in [0.3, 0.4) is 0 Å².